The molecule has 0 aliphatic carbocycles. The molecule has 0 amide bonds. The molecule has 5 nitrogen and oxygen atoms in total. The fourth-order valence-electron chi connectivity index (χ4n) is 1.51. The second kappa shape index (κ2) is 5.22. The molecule has 0 saturated carbocycles. The van der Waals surface area contributed by atoms with Gasteiger partial charge in [-0.25, -0.2) is 9.48 Å². The summed E-state index contributed by atoms with van der Waals surface area (Å²) in [6.45, 7) is 2.10. The van der Waals surface area contributed by atoms with Crippen molar-refractivity contribution in [2.75, 3.05) is 12.3 Å². The number of nitrogens with two attached hydrogens (primary N) is 1. The molecule has 0 atom stereocenters. The Morgan fingerprint density at radius 3 is 3.00 bits per heavy atom. The maximum atomic E-state index is 11.5. The maximum absolute atomic E-state index is 11.5. The third kappa shape index (κ3) is 2.53. The van der Waals surface area contributed by atoms with Gasteiger partial charge in [-0.1, -0.05) is 15.9 Å². The van der Waals surface area contributed by atoms with Gasteiger partial charge in [-0.2, -0.15) is 5.10 Å². The fraction of sp³-hybridized carbons (Fsp3) is 0.167. The Morgan fingerprint density at radius 2 is 2.33 bits per heavy atom. The zero-order valence-corrected chi connectivity index (χ0v) is 11.3. The summed E-state index contributed by atoms with van der Waals surface area (Å²) in [4.78, 5) is 11.5. The molecule has 6 heteroatoms. The monoisotopic (exact) mass is 309 g/mol. The minimum atomic E-state index is -0.389. The number of esters is 1. The van der Waals surface area contributed by atoms with Crippen molar-refractivity contribution in [3.05, 3.63) is 40.6 Å². The van der Waals surface area contributed by atoms with Crippen LogP contribution in [-0.4, -0.2) is 22.4 Å². The van der Waals surface area contributed by atoms with E-state index in [-0.39, 0.29) is 5.97 Å². The highest BCUT2D eigenvalue weighted by atomic mass is 79.9. The van der Waals surface area contributed by atoms with Crippen LogP contribution in [0.25, 0.3) is 5.69 Å². The summed E-state index contributed by atoms with van der Waals surface area (Å²) in [5.74, 6) is -0.389. The molecule has 1 aromatic heterocycles. The Kier molecular flexibility index (Phi) is 3.66. The highest BCUT2D eigenvalue weighted by Crippen LogP contribution is 2.21. The molecule has 0 fully saturated rings. The lowest BCUT2D eigenvalue weighted by Crippen LogP contribution is -2.03. The number of rotatable bonds is 3. The van der Waals surface area contributed by atoms with Gasteiger partial charge in [-0.3, -0.25) is 0 Å². The molecule has 94 valence electrons. The van der Waals surface area contributed by atoms with Crippen molar-refractivity contribution in [2.45, 2.75) is 6.92 Å². The summed E-state index contributed by atoms with van der Waals surface area (Å²) in [5.41, 5.74) is 7.58. The normalized spacial score (nSPS) is 10.3. The minimum Gasteiger partial charge on any atom is -0.462 e. The SMILES string of the molecule is CCOC(=O)c1cnn(-c2ccc(Br)cc2N)c1. The molecule has 18 heavy (non-hydrogen) atoms. The highest BCUT2D eigenvalue weighted by Gasteiger charge is 2.11. The summed E-state index contributed by atoms with van der Waals surface area (Å²) < 4.78 is 7.34. The number of nitrogens with zero attached hydrogens (tertiary/aromatic N) is 2. The first-order valence-electron chi connectivity index (χ1n) is 5.39. The number of hydrogen-bond acceptors (Lipinski definition) is 4. The molecule has 2 aromatic rings. The van der Waals surface area contributed by atoms with Crippen LogP contribution in [-0.2, 0) is 4.74 Å². The number of hydrogen-bond donors (Lipinski definition) is 1. The van der Waals surface area contributed by atoms with E-state index in [4.69, 9.17) is 10.5 Å². The molecule has 2 rings (SSSR count). The lowest BCUT2D eigenvalue weighted by molar-refractivity contribution is 0.0526. The van der Waals surface area contributed by atoms with Gasteiger partial charge in [-0.15, -0.1) is 0 Å². The van der Waals surface area contributed by atoms with Gasteiger partial charge in [0.1, 0.15) is 0 Å². The number of aromatic nitrogens is 2. The van der Waals surface area contributed by atoms with E-state index in [2.05, 4.69) is 21.0 Å². The predicted octanol–water partition coefficient (Wildman–Crippen LogP) is 2.39. The third-order valence-electron chi connectivity index (χ3n) is 2.33. The predicted molar refractivity (Wildman–Crippen MR) is 71.6 cm³/mol. The number of carbonyl (C=O) groups is 1. The summed E-state index contributed by atoms with van der Waals surface area (Å²) >= 11 is 3.33. The summed E-state index contributed by atoms with van der Waals surface area (Å²) in [6, 6.07) is 5.46. The van der Waals surface area contributed by atoms with Crippen LogP contribution in [0.4, 0.5) is 5.69 Å². The third-order valence-corrected chi connectivity index (χ3v) is 2.82. The molecule has 0 spiro atoms. The average Bonchev–Trinajstić information content (AvgIpc) is 2.78. The van der Waals surface area contributed by atoms with Gasteiger partial charge in [0, 0.05) is 10.7 Å². The molecule has 2 N–H and O–H groups in total. The Labute approximate surface area is 113 Å². The van der Waals surface area contributed by atoms with Gasteiger partial charge in [0.25, 0.3) is 0 Å². The molecule has 0 aliphatic rings. The zero-order chi connectivity index (χ0) is 13.1. The Hall–Kier alpha value is -1.82. The minimum absolute atomic E-state index is 0.338. The lowest BCUT2D eigenvalue weighted by atomic mass is 10.3. The van der Waals surface area contributed by atoms with Crippen molar-refractivity contribution in [3.63, 3.8) is 0 Å². The molecular formula is C12H12BrN3O2. The highest BCUT2D eigenvalue weighted by molar-refractivity contribution is 9.10. The van der Waals surface area contributed by atoms with Gasteiger partial charge in [-0.05, 0) is 25.1 Å². The summed E-state index contributed by atoms with van der Waals surface area (Å²) in [7, 11) is 0. The van der Waals surface area contributed by atoms with Crippen LogP contribution < -0.4 is 5.73 Å². The number of nitrogen functional groups attached to an aromatic ring is 1. The van der Waals surface area contributed by atoms with E-state index in [1.54, 1.807) is 23.9 Å². The number of benzene rings is 1. The summed E-state index contributed by atoms with van der Waals surface area (Å²) in [5, 5.41) is 4.10. The lowest BCUT2D eigenvalue weighted by Gasteiger charge is -2.05. The number of carbonyl (C=O) groups excluding carboxylic acids is 1. The standard InChI is InChI=1S/C12H12BrN3O2/c1-2-18-12(17)8-6-15-16(7-8)11-4-3-9(13)5-10(11)14/h3-7H,2,14H2,1H3. The Balaban J connectivity index is 2.32. The van der Waals surface area contributed by atoms with E-state index in [1.165, 1.54) is 6.20 Å². The number of halogens is 1. The van der Waals surface area contributed by atoms with Crippen LogP contribution in [0.2, 0.25) is 0 Å². The van der Waals surface area contributed by atoms with Crippen LogP contribution in [0.5, 0.6) is 0 Å². The first-order chi connectivity index (χ1) is 8.61. The van der Waals surface area contributed by atoms with Crippen molar-refractivity contribution in [3.8, 4) is 5.69 Å². The largest absolute Gasteiger partial charge is 0.462 e. The van der Waals surface area contributed by atoms with Gasteiger partial charge >= 0.3 is 5.97 Å². The second-order valence-corrected chi connectivity index (χ2v) is 4.51. The van der Waals surface area contributed by atoms with E-state index in [1.807, 2.05) is 12.1 Å². The van der Waals surface area contributed by atoms with E-state index in [9.17, 15) is 4.79 Å². The number of anilines is 1. The molecule has 1 heterocycles. The van der Waals surface area contributed by atoms with Crippen molar-refractivity contribution in [2.24, 2.45) is 0 Å². The van der Waals surface area contributed by atoms with Gasteiger partial charge < -0.3 is 10.5 Å². The molecular weight excluding hydrogens is 298 g/mol. The average molecular weight is 310 g/mol. The molecule has 0 radical (unpaired) electrons. The first-order valence-corrected chi connectivity index (χ1v) is 6.18. The van der Waals surface area contributed by atoms with Gasteiger partial charge in [0.05, 0.1) is 29.7 Å². The maximum Gasteiger partial charge on any atom is 0.341 e. The van der Waals surface area contributed by atoms with E-state index in [0.717, 1.165) is 4.47 Å². The van der Waals surface area contributed by atoms with Crippen LogP contribution in [0, 0.1) is 0 Å². The first kappa shape index (κ1) is 12.6. The fourth-order valence-corrected chi connectivity index (χ4v) is 1.89. The Bertz CT molecular complexity index is 580. The van der Waals surface area contributed by atoms with E-state index < -0.39 is 0 Å². The van der Waals surface area contributed by atoms with Crippen molar-refractivity contribution >= 4 is 27.6 Å². The van der Waals surface area contributed by atoms with Gasteiger partial charge in [0.2, 0.25) is 0 Å². The topological polar surface area (TPSA) is 70.1 Å². The summed E-state index contributed by atoms with van der Waals surface area (Å²) in [6.07, 6.45) is 3.05. The van der Waals surface area contributed by atoms with Crippen molar-refractivity contribution in [1.29, 1.82) is 0 Å². The van der Waals surface area contributed by atoms with E-state index >= 15 is 0 Å². The smallest absolute Gasteiger partial charge is 0.341 e. The molecule has 0 unspecified atom stereocenters. The van der Waals surface area contributed by atoms with Crippen LogP contribution in [0.1, 0.15) is 17.3 Å². The Morgan fingerprint density at radius 1 is 1.56 bits per heavy atom. The quantitative estimate of drug-likeness (QED) is 0.698. The number of ether oxygens (including phenoxy) is 1. The molecule has 0 aliphatic heterocycles. The molecule has 0 bridgehead atoms. The van der Waals surface area contributed by atoms with Gasteiger partial charge in [0.15, 0.2) is 0 Å². The van der Waals surface area contributed by atoms with Crippen LogP contribution >= 0.6 is 15.9 Å². The van der Waals surface area contributed by atoms with Crippen molar-refractivity contribution in [1.82, 2.24) is 9.78 Å². The molecule has 1 aromatic carbocycles. The van der Waals surface area contributed by atoms with Crippen molar-refractivity contribution < 1.29 is 9.53 Å². The molecule has 0 saturated heterocycles. The van der Waals surface area contributed by atoms with Crippen LogP contribution in [0.15, 0.2) is 35.1 Å². The second-order valence-electron chi connectivity index (χ2n) is 3.60. The van der Waals surface area contributed by atoms with E-state index in [0.29, 0.717) is 23.5 Å². The van der Waals surface area contributed by atoms with Crippen LogP contribution in [0.3, 0.4) is 0 Å². The zero-order valence-electron chi connectivity index (χ0n) is 9.76.